The number of hydrogen-bond donors (Lipinski definition) is 0. The van der Waals surface area contributed by atoms with Crippen LogP contribution >= 0.6 is 0 Å². The molecule has 20 heavy (non-hydrogen) atoms. The van der Waals surface area contributed by atoms with E-state index in [-0.39, 0.29) is 27.3 Å². The molecule has 0 unspecified atom stereocenters. The van der Waals surface area contributed by atoms with Gasteiger partial charge in [-0.05, 0) is 47.0 Å². The first-order valence-electron chi connectivity index (χ1n) is 8.31. The standard InChI is InChI=1S/C19H40N/c1-14(2)20(13)18(9,10)16(5,6)15(3,4)17(7,8)19(20,11)12/h14H,1-13H3/q+1. The molecule has 1 heterocycles. The van der Waals surface area contributed by atoms with Gasteiger partial charge in [-0.15, -0.1) is 0 Å². The van der Waals surface area contributed by atoms with Crippen LogP contribution in [-0.2, 0) is 0 Å². The Morgan fingerprint density at radius 1 is 0.550 bits per heavy atom. The van der Waals surface area contributed by atoms with Crippen LogP contribution in [0.4, 0.5) is 0 Å². The molecule has 0 N–H and O–H groups in total. The summed E-state index contributed by atoms with van der Waals surface area (Å²) in [6.07, 6.45) is 0. The average Bonchev–Trinajstić information content (AvgIpc) is 2.24. The summed E-state index contributed by atoms with van der Waals surface area (Å²) < 4.78 is 1.11. The zero-order chi connectivity index (χ0) is 16.6. The van der Waals surface area contributed by atoms with Crippen LogP contribution in [0.1, 0.15) is 83.1 Å². The third-order valence-electron chi connectivity index (χ3n) is 9.54. The first kappa shape index (κ1) is 18.0. The molecule has 0 amide bonds. The van der Waals surface area contributed by atoms with Crippen molar-refractivity contribution in [1.82, 2.24) is 0 Å². The summed E-state index contributed by atoms with van der Waals surface area (Å²) in [6.45, 7) is 29.7. The second-order valence-electron chi connectivity index (χ2n) is 10.2. The Hall–Kier alpha value is -0.0400. The molecule has 0 radical (unpaired) electrons. The Morgan fingerprint density at radius 2 is 0.800 bits per heavy atom. The maximum atomic E-state index is 2.49. The van der Waals surface area contributed by atoms with Gasteiger partial charge < -0.3 is 4.48 Å². The Bertz CT molecular complexity index is 364. The summed E-state index contributed by atoms with van der Waals surface area (Å²) in [4.78, 5) is 0. The maximum Gasteiger partial charge on any atom is 0.0996 e. The Balaban J connectivity index is 3.83. The molecule has 120 valence electrons. The van der Waals surface area contributed by atoms with Gasteiger partial charge in [-0.1, -0.05) is 41.5 Å². The number of likely N-dealkylation sites (tertiary alicyclic amines) is 1. The van der Waals surface area contributed by atoms with Crippen molar-refractivity contribution in [1.29, 1.82) is 0 Å². The molecule has 1 heteroatoms. The van der Waals surface area contributed by atoms with E-state index in [1.165, 1.54) is 0 Å². The van der Waals surface area contributed by atoms with Crippen LogP contribution in [-0.4, -0.2) is 28.7 Å². The predicted octanol–water partition coefficient (Wildman–Crippen LogP) is 5.49. The van der Waals surface area contributed by atoms with Gasteiger partial charge in [0.15, 0.2) is 0 Å². The molecule has 0 aromatic rings. The monoisotopic (exact) mass is 282 g/mol. The normalized spacial score (nSPS) is 32.1. The fraction of sp³-hybridized carbons (Fsp3) is 1.00. The SMILES string of the molecule is CC(C)[N+]1(C)C(C)(C)C(C)(C)C(C)(C)C(C)(C)C1(C)C. The predicted molar refractivity (Wildman–Crippen MR) is 90.8 cm³/mol. The van der Waals surface area contributed by atoms with Crippen molar-refractivity contribution in [2.75, 3.05) is 7.05 Å². The molecule has 0 aliphatic carbocycles. The third-order valence-corrected chi connectivity index (χ3v) is 9.54. The molecule has 0 spiro atoms. The minimum atomic E-state index is 0.212. The van der Waals surface area contributed by atoms with Crippen molar-refractivity contribution in [3.8, 4) is 0 Å². The van der Waals surface area contributed by atoms with E-state index >= 15 is 0 Å². The smallest absolute Gasteiger partial charge is 0.0996 e. The van der Waals surface area contributed by atoms with Crippen LogP contribution in [0, 0.1) is 16.2 Å². The third kappa shape index (κ3) is 1.44. The van der Waals surface area contributed by atoms with Gasteiger partial charge in [0.1, 0.15) is 0 Å². The van der Waals surface area contributed by atoms with Crippen molar-refractivity contribution in [2.24, 2.45) is 16.2 Å². The molecule has 1 fully saturated rings. The lowest BCUT2D eigenvalue weighted by Crippen LogP contribution is -2.86. The summed E-state index contributed by atoms with van der Waals surface area (Å²) in [6, 6.07) is 0.606. The van der Waals surface area contributed by atoms with Crippen molar-refractivity contribution in [3.63, 3.8) is 0 Å². The topological polar surface area (TPSA) is 0 Å². The van der Waals surface area contributed by atoms with Crippen LogP contribution < -0.4 is 0 Å². The summed E-state index contributed by atoms with van der Waals surface area (Å²) in [7, 11) is 2.49. The number of rotatable bonds is 1. The van der Waals surface area contributed by atoms with E-state index < -0.39 is 0 Å². The molecule has 0 atom stereocenters. The Kier molecular flexibility index (Phi) is 3.63. The first-order valence-corrected chi connectivity index (χ1v) is 8.31. The molecule has 1 saturated heterocycles. The molecule has 1 aliphatic rings. The van der Waals surface area contributed by atoms with Crippen LogP contribution in [0.2, 0.25) is 0 Å². The molecule has 0 aromatic carbocycles. The lowest BCUT2D eigenvalue weighted by Gasteiger charge is -2.77. The van der Waals surface area contributed by atoms with Crippen molar-refractivity contribution in [3.05, 3.63) is 0 Å². The number of quaternary nitrogens is 1. The highest BCUT2D eigenvalue weighted by atomic mass is 15.5. The number of hydrogen-bond acceptors (Lipinski definition) is 0. The summed E-state index contributed by atoms with van der Waals surface area (Å²) in [5.74, 6) is 0. The minimum Gasteiger partial charge on any atom is -0.314 e. The van der Waals surface area contributed by atoms with Crippen molar-refractivity contribution in [2.45, 2.75) is 100 Å². The molecule has 1 rings (SSSR count). The summed E-state index contributed by atoms with van der Waals surface area (Å²) in [5.41, 5.74) is 1.18. The van der Waals surface area contributed by atoms with Gasteiger partial charge in [-0.2, -0.15) is 0 Å². The lowest BCUT2D eigenvalue weighted by atomic mass is 9.40. The van der Waals surface area contributed by atoms with Crippen LogP contribution in [0.15, 0.2) is 0 Å². The second-order valence-corrected chi connectivity index (χ2v) is 10.2. The van der Waals surface area contributed by atoms with Gasteiger partial charge >= 0.3 is 0 Å². The van der Waals surface area contributed by atoms with E-state index in [0.29, 0.717) is 6.04 Å². The molecular weight excluding hydrogens is 242 g/mol. The quantitative estimate of drug-likeness (QED) is 0.558. The van der Waals surface area contributed by atoms with E-state index in [0.717, 1.165) is 4.48 Å². The molecule has 1 nitrogen and oxygen atoms in total. The lowest BCUT2D eigenvalue weighted by molar-refractivity contribution is -1.04. The minimum absolute atomic E-state index is 0.212. The van der Waals surface area contributed by atoms with Gasteiger partial charge in [0.05, 0.1) is 24.2 Å². The number of piperidine rings is 1. The van der Waals surface area contributed by atoms with Crippen LogP contribution in [0.3, 0.4) is 0 Å². The molecule has 1 aliphatic heterocycles. The van der Waals surface area contributed by atoms with Crippen molar-refractivity contribution >= 4 is 0 Å². The zero-order valence-corrected chi connectivity index (χ0v) is 16.5. The summed E-state index contributed by atoms with van der Waals surface area (Å²) in [5, 5.41) is 0. The zero-order valence-electron chi connectivity index (χ0n) is 16.5. The van der Waals surface area contributed by atoms with Gasteiger partial charge in [-0.3, -0.25) is 0 Å². The molecule has 0 saturated carbocycles. The van der Waals surface area contributed by atoms with E-state index in [4.69, 9.17) is 0 Å². The highest BCUT2D eigenvalue weighted by molar-refractivity contribution is 5.14. The highest BCUT2D eigenvalue weighted by Crippen LogP contribution is 2.69. The fourth-order valence-electron chi connectivity index (χ4n) is 5.46. The van der Waals surface area contributed by atoms with E-state index in [9.17, 15) is 0 Å². The van der Waals surface area contributed by atoms with Gasteiger partial charge in [0, 0.05) is 10.8 Å². The molecule has 0 bridgehead atoms. The highest BCUT2D eigenvalue weighted by Gasteiger charge is 2.75. The van der Waals surface area contributed by atoms with E-state index in [1.54, 1.807) is 0 Å². The Labute approximate surface area is 128 Å². The van der Waals surface area contributed by atoms with E-state index in [1.807, 2.05) is 0 Å². The van der Waals surface area contributed by atoms with E-state index in [2.05, 4.69) is 90.1 Å². The second kappa shape index (κ2) is 4.03. The van der Waals surface area contributed by atoms with Crippen LogP contribution in [0.5, 0.6) is 0 Å². The van der Waals surface area contributed by atoms with Gasteiger partial charge in [-0.25, -0.2) is 0 Å². The van der Waals surface area contributed by atoms with Gasteiger partial charge in [0.2, 0.25) is 0 Å². The molecule has 0 aromatic heterocycles. The average molecular weight is 283 g/mol. The fourth-order valence-corrected chi connectivity index (χ4v) is 5.46. The van der Waals surface area contributed by atoms with Crippen LogP contribution in [0.25, 0.3) is 0 Å². The summed E-state index contributed by atoms with van der Waals surface area (Å²) >= 11 is 0. The largest absolute Gasteiger partial charge is 0.314 e. The molecular formula is C19H40N+. The first-order chi connectivity index (χ1) is 8.44. The van der Waals surface area contributed by atoms with Gasteiger partial charge in [0.25, 0.3) is 0 Å². The van der Waals surface area contributed by atoms with Crippen molar-refractivity contribution < 1.29 is 4.48 Å². The number of nitrogens with zero attached hydrogens (tertiary/aromatic N) is 1. The Morgan fingerprint density at radius 3 is 1.00 bits per heavy atom. The maximum absolute atomic E-state index is 2.49.